The number of fused-ring (bicyclic) bond motifs is 1. The van der Waals surface area contributed by atoms with Crippen LogP contribution in [0, 0.1) is 0 Å². The number of amides is 1. The number of nitrogens with zero attached hydrogens (tertiary/aromatic N) is 3. The average Bonchev–Trinajstić information content (AvgIpc) is 3.24. The van der Waals surface area contributed by atoms with Gasteiger partial charge >= 0.3 is 0 Å². The number of aromatic amines is 1. The van der Waals surface area contributed by atoms with Gasteiger partial charge in [-0.3, -0.25) is 9.59 Å². The first kappa shape index (κ1) is 25.0. The Labute approximate surface area is 223 Å². The zero-order chi connectivity index (χ0) is 25.6. The van der Waals surface area contributed by atoms with Gasteiger partial charge in [0.15, 0.2) is 5.78 Å². The Bertz CT molecular complexity index is 1370. The van der Waals surface area contributed by atoms with Crippen molar-refractivity contribution in [3.8, 4) is 11.5 Å². The molecule has 1 aliphatic rings. The van der Waals surface area contributed by atoms with Crippen molar-refractivity contribution in [3.05, 3.63) is 78.2 Å². The second kappa shape index (κ2) is 11.6. The predicted octanol–water partition coefficient (Wildman–Crippen LogP) is 5.56. The van der Waals surface area contributed by atoms with Crippen molar-refractivity contribution in [2.45, 2.75) is 31.7 Å². The standard InChI is InChI=1S/C28H28BrN5O3/c29-15-24(35)34-14-6-2-3-7-20(34)16-30-27-25-23(17-31-28(25)33-18-32-27)26(36)19-10-12-22(13-11-19)37-21-8-4-1-5-9-21/h1,4-5,8-13,17-18,20H,2-3,6-7,14-16H2,(H2,30,31,32,33). The number of likely N-dealkylation sites (tertiary alicyclic amines) is 1. The molecule has 1 aliphatic heterocycles. The topological polar surface area (TPSA) is 100 Å². The summed E-state index contributed by atoms with van der Waals surface area (Å²) in [6.07, 6.45) is 7.28. The minimum Gasteiger partial charge on any atom is -0.457 e. The molecule has 0 aliphatic carbocycles. The molecule has 0 saturated carbocycles. The van der Waals surface area contributed by atoms with Crippen LogP contribution in [-0.4, -0.2) is 56.0 Å². The van der Waals surface area contributed by atoms with E-state index in [-0.39, 0.29) is 17.7 Å². The minimum absolute atomic E-state index is 0.0628. The Morgan fingerprint density at radius 2 is 1.81 bits per heavy atom. The summed E-state index contributed by atoms with van der Waals surface area (Å²) in [6.45, 7) is 1.31. The number of alkyl halides is 1. The maximum atomic E-state index is 13.5. The molecular formula is C28H28BrN5O3. The molecule has 2 aromatic heterocycles. The molecule has 37 heavy (non-hydrogen) atoms. The largest absolute Gasteiger partial charge is 0.457 e. The van der Waals surface area contributed by atoms with Crippen LogP contribution in [0.15, 0.2) is 67.1 Å². The number of rotatable bonds is 8. The van der Waals surface area contributed by atoms with E-state index >= 15 is 0 Å². The molecule has 1 unspecified atom stereocenters. The van der Waals surface area contributed by atoms with E-state index in [9.17, 15) is 9.59 Å². The lowest BCUT2D eigenvalue weighted by Crippen LogP contribution is -2.44. The number of carbonyl (C=O) groups excluding carboxylic acids is 2. The fraction of sp³-hybridized carbons (Fsp3) is 0.286. The number of anilines is 1. The highest BCUT2D eigenvalue weighted by molar-refractivity contribution is 9.09. The Kier molecular flexibility index (Phi) is 7.79. The molecule has 4 aromatic rings. The number of H-pyrrole nitrogens is 1. The molecule has 8 nitrogen and oxygen atoms in total. The third-order valence-corrected chi connectivity index (χ3v) is 7.11. The summed E-state index contributed by atoms with van der Waals surface area (Å²) in [4.78, 5) is 39.8. The van der Waals surface area contributed by atoms with Crippen molar-refractivity contribution < 1.29 is 14.3 Å². The lowest BCUT2D eigenvalue weighted by Gasteiger charge is -2.30. The first-order valence-corrected chi connectivity index (χ1v) is 13.5. The lowest BCUT2D eigenvalue weighted by molar-refractivity contribution is -0.130. The molecule has 0 radical (unpaired) electrons. The Balaban J connectivity index is 1.35. The molecule has 1 saturated heterocycles. The van der Waals surface area contributed by atoms with Gasteiger partial charge in [0.2, 0.25) is 5.91 Å². The van der Waals surface area contributed by atoms with E-state index in [1.807, 2.05) is 35.2 Å². The van der Waals surface area contributed by atoms with Crippen molar-refractivity contribution >= 4 is 44.5 Å². The molecule has 1 amide bonds. The van der Waals surface area contributed by atoms with Crippen LogP contribution >= 0.6 is 15.9 Å². The molecule has 1 atom stereocenters. The second-order valence-corrected chi connectivity index (χ2v) is 9.58. The van der Waals surface area contributed by atoms with Crippen LogP contribution in [0.25, 0.3) is 11.0 Å². The summed E-state index contributed by atoms with van der Waals surface area (Å²) >= 11 is 3.31. The van der Waals surface area contributed by atoms with Gasteiger partial charge < -0.3 is 19.9 Å². The molecule has 5 rings (SSSR count). The van der Waals surface area contributed by atoms with Gasteiger partial charge in [-0.25, -0.2) is 9.97 Å². The van der Waals surface area contributed by atoms with E-state index in [4.69, 9.17) is 4.74 Å². The summed E-state index contributed by atoms with van der Waals surface area (Å²) in [5.41, 5.74) is 1.61. The van der Waals surface area contributed by atoms with Crippen molar-refractivity contribution in [2.24, 2.45) is 0 Å². The lowest BCUT2D eigenvalue weighted by atomic mass is 10.0. The summed E-state index contributed by atoms with van der Waals surface area (Å²) in [5.74, 6) is 1.92. The molecule has 0 spiro atoms. The van der Waals surface area contributed by atoms with E-state index in [1.165, 1.54) is 6.33 Å². The second-order valence-electron chi connectivity index (χ2n) is 9.02. The van der Waals surface area contributed by atoms with Crippen LogP contribution in [0.3, 0.4) is 0 Å². The quantitative estimate of drug-likeness (QED) is 0.216. The van der Waals surface area contributed by atoms with E-state index in [0.717, 1.165) is 38.0 Å². The SMILES string of the molecule is O=C(c1ccc(Oc2ccccc2)cc1)c1c[nH]c2ncnc(NCC3CCCCCN3C(=O)CBr)c12. The van der Waals surface area contributed by atoms with Gasteiger partial charge in [0.1, 0.15) is 29.3 Å². The van der Waals surface area contributed by atoms with Gasteiger partial charge in [-0.1, -0.05) is 47.0 Å². The van der Waals surface area contributed by atoms with Crippen LogP contribution in [0.2, 0.25) is 0 Å². The van der Waals surface area contributed by atoms with Gasteiger partial charge in [-0.2, -0.15) is 0 Å². The first-order valence-electron chi connectivity index (χ1n) is 12.4. The Hall–Kier alpha value is -3.72. The normalized spacial score (nSPS) is 15.8. The van der Waals surface area contributed by atoms with Crippen molar-refractivity contribution in [2.75, 3.05) is 23.7 Å². The fourth-order valence-corrected chi connectivity index (χ4v) is 5.06. The Morgan fingerprint density at radius 3 is 2.59 bits per heavy atom. The maximum absolute atomic E-state index is 13.5. The van der Waals surface area contributed by atoms with Crippen LogP contribution < -0.4 is 10.1 Å². The van der Waals surface area contributed by atoms with E-state index in [0.29, 0.717) is 45.6 Å². The van der Waals surface area contributed by atoms with Gasteiger partial charge in [0.25, 0.3) is 0 Å². The van der Waals surface area contributed by atoms with Crippen LogP contribution in [0.5, 0.6) is 11.5 Å². The summed E-state index contributed by atoms with van der Waals surface area (Å²) < 4.78 is 5.85. The van der Waals surface area contributed by atoms with E-state index in [1.54, 1.807) is 30.5 Å². The van der Waals surface area contributed by atoms with E-state index in [2.05, 4.69) is 36.2 Å². The summed E-state index contributed by atoms with van der Waals surface area (Å²) in [7, 11) is 0. The monoisotopic (exact) mass is 561 g/mol. The zero-order valence-corrected chi connectivity index (χ0v) is 21.9. The first-order chi connectivity index (χ1) is 18.1. The van der Waals surface area contributed by atoms with Gasteiger partial charge in [0, 0.05) is 30.9 Å². The van der Waals surface area contributed by atoms with Crippen LogP contribution in [0.4, 0.5) is 5.82 Å². The number of benzene rings is 2. The zero-order valence-electron chi connectivity index (χ0n) is 20.3. The maximum Gasteiger partial charge on any atom is 0.233 e. The minimum atomic E-state index is -0.138. The van der Waals surface area contributed by atoms with Gasteiger partial charge in [-0.15, -0.1) is 0 Å². The summed E-state index contributed by atoms with van der Waals surface area (Å²) in [5, 5.41) is 4.37. The fourth-order valence-electron chi connectivity index (χ4n) is 4.74. The van der Waals surface area contributed by atoms with Crippen LogP contribution in [-0.2, 0) is 4.79 Å². The van der Waals surface area contributed by atoms with Crippen molar-refractivity contribution in [3.63, 3.8) is 0 Å². The highest BCUT2D eigenvalue weighted by Gasteiger charge is 2.25. The number of carbonyl (C=O) groups is 2. The molecule has 9 heteroatoms. The molecule has 190 valence electrons. The third kappa shape index (κ3) is 5.67. The molecule has 2 aromatic carbocycles. The van der Waals surface area contributed by atoms with Crippen LogP contribution in [0.1, 0.15) is 41.6 Å². The average molecular weight is 562 g/mol. The number of aromatic nitrogens is 3. The molecular weight excluding hydrogens is 534 g/mol. The number of nitrogens with one attached hydrogen (secondary N) is 2. The van der Waals surface area contributed by atoms with Gasteiger partial charge in [-0.05, 0) is 49.2 Å². The van der Waals surface area contributed by atoms with E-state index < -0.39 is 0 Å². The highest BCUT2D eigenvalue weighted by Crippen LogP contribution is 2.28. The Morgan fingerprint density at radius 1 is 1.03 bits per heavy atom. The predicted molar refractivity (Wildman–Crippen MR) is 147 cm³/mol. The number of ketones is 1. The number of hydrogen-bond donors (Lipinski definition) is 2. The smallest absolute Gasteiger partial charge is 0.233 e. The molecule has 0 bridgehead atoms. The number of hydrogen-bond acceptors (Lipinski definition) is 6. The molecule has 1 fully saturated rings. The highest BCUT2D eigenvalue weighted by atomic mass is 79.9. The number of halogens is 1. The van der Waals surface area contributed by atoms with Gasteiger partial charge in [0.05, 0.1) is 16.3 Å². The molecule has 3 heterocycles. The third-order valence-electron chi connectivity index (χ3n) is 6.63. The van der Waals surface area contributed by atoms with Crippen molar-refractivity contribution in [1.29, 1.82) is 0 Å². The van der Waals surface area contributed by atoms with Crippen molar-refractivity contribution in [1.82, 2.24) is 19.9 Å². The summed E-state index contributed by atoms with van der Waals surface area (Å²) in [6, 6.07) is 16.6. The number of para-hydroxylation sites is 1. The number of ether oxygens (including phenoxy) is 1. The molecule has 2 N–H and O–H groups in total.